The molecule has 2 heterocycles. The highest BCUT2D eigenvalue weighted by Gasteiger charge is 2.40. The van der Waals surface area contributed by atoms with Gasteiger partial charge in [0.25, 0.3) is 0 Å². The van der Waals surface area contributed by atoms with E-state index >= 15 is 0 Å². The van der Waals surface area contributed by atoms with Crippen LogP contribution in [0.1, 0.15) is 18.2 Å². The van der Waals surface area contributed by atoms with Crippen molar-refractivity contribution < 1.29 is 18.6 Å². The maximum Gasteiger partial charge on any atom is 0.138 e. The van der Waals surface area contributed by atoms with Crippen LogP contribution in [-0.2, 0) is 23.5 Å². The minimum atomic E-state index is -1.85. The molecule has 0 spiro atoms. The maximum atomic E-state index is 14.6. The Morgan fingerprint density at radius 2 is 1.97 bits per heavy atom. The minimum Gasteiger partial charge on any atom is -0.380 e. The predicted molar refractivity (Wildman–Crippen MR) is 114 cm³/mol. The topological polar surface area (TPSA) is 90.9 Å². The van der Waals surface area contributed by atoms with E-state index < -0.39 is 23.3 Å². The molecule has 2 aromatic heterocycles. The number of benzene rings is 2. The molecule has 0 aliphatic carbocycles. The van der Waals surface area contributed by atoms with E-state index in [4.69, 9.17) is 4.74 Å². The van der Waals surface area contributed by atoms with Crippen LogP contribution in [0.15, 0.2) is 65.8 Å². The fourth-order valence-corrected chi connectivity index (χ4v) is 3.53. The van der Waals surface area contributed by atoms with Gasteiger partial charge in [-0.25, -0.2) is 23.1 Å². The summed E-state index contributed by atoms with van der Waals surface area (Å²) < 4.78 is 37.8. The van der Waals surface area contributed by atoms with E-state index in [1.54, 1.807) is 17.8 Å². The van der Waals surface area contributed by atoms with Crippen molar-refractivity contribution in [2.24, 2.45) is 0 Å². The second-order valence-corrected chi connectivity index (χ2v) is 8.14. The van der Waals surface area contributed by atoms with Crippen molar-refractivity contribution in [2.45, 2.75) is 31.8 Å². The van der Waals surface area contributed by atoms with E-state index in [2.05, 4.69) is 36.3 Å². The fourth-order valence-electron chi connectivity index (χ4n) is 3.27. The molecule has 4 aromatic rings. The molecule has 8 nitrogen and oxygen atoms in total. The lowest BCUT2D eigenvalue weighted by molar-refractivity contribution is -0.124. The smallest absolute Gasteiger partial charge is 0.138 e. The van der Waals surface area contributed by atoms with Crippen LogP contribution >= 0.6 is 15.9 Å². The third-order valence-corrected chi connectivity index (χ3v) is 5.58. The molecule has 2 atom stereocenters. The summed E-state index contributed by atoms with van der Waals surface area (Å²) in [7, 11) is 0. The molecule has 0 radical (unpaired) electrons. The van der Waals surface area contributed by atoms with Gasteiger partial charge in [0, 0.05) is 16.1 Å². The van der Waals surface area contributed by atoms with Gasteiger partial charge in [0.15, 0.2) is 0 Å². The number of rotatable bonds is 8. The van der Waals surface area contributed by atoms with Crippen LogP contribution in [0.5, 0.6) is 0 Å². The second-order valence-electron chi connectivity index (χ2n) is 7.23. The van der Waals surface area contributed by atoms with E-state index in [1.165, 1.54) is 23.4 Å². The number of aromatic nitrogens is 6. The maximum absolute atomic E-state index is 14.6. The first-order chi connectivity index (χ1) is 15.3. The molecule has 0 saturated heterocycles. The molecule has 1 N–H and O–H groups in total. The number of ether oxygens (including phenoxy) is 1. The summed E-state index contributed by atoms with van der Waals surface area (Å²) in [5.74, 6) is -1.63. The van der Waals surface area contributed by atoms with Gasteiger partial charge in [-0.05, 0) is 37.3 Å². The highest BCUT2D eigenvalue weighted by molar-refractivity contribution is 9.10. The van der Waals surface area contributed by atoms with Crippen LogP contribution in [0.2, 0.25) is 0 Å². The molecule has 0 aliphatic heterocycles. The van der Waals surface area contributed by atoms with Gasteiger partial charge in [0.05, 0.1) is 31.1 Å². The van der Waals surface area contributed by atoms with Gasteiger partial charge in [-0.1, -0.05) is 27.2 Å². The lowest BCUT2D eigenvalue weighted by atomic mass is 9.88. The Hall–Kier alpha value is -3.02. The summed E-state index contributed by atoms with van der Waals surface area (Å²) in [5, 5.41) is 23.6. The summed E-state index contributed by atoms with van der Waals surface area (Å²) in [6.45, 7) is 1.46. The van der Waals surface area contributed by atoms with Crippen LogP contribution < -0.4 is 0 Å². The summed E-state index contributed by atoms with van der Waals surface area (Å²) in [5.41, 5.74) is -0.633. The van der Waals surface area contributed by atoms with E-state index in [9.17, 15) is 13.9 Å². The fraction of sp³-hybridized carbons (Fsp3) is 0.238. The molecule has 0 unspecified atom stereocenters. The average Bonchev–Trinajstić information content (AvgIpc) is 3.44. The van der Waals surface area contributed by atoms with Gasteiger partial charge in [-0.15, -0.1) is 5.10 Å². The predicted octanol–water partition coefficient (Wildman–Crippen LogP) is 3.39. The molecule has 0 bridgehead atoms. The van der Waals surface area contributed by atoms with Crippen LogP contribution in [-0.4, -0.2) is 41.0 Å². The standard InChI is InChI=1S/C21H19BrF2N6O2/c1-14(32-10-17-9-30(28-27-17)18-5-2-15(22)3-6-18)21(31,11-29-13-25-12-26-29)19-7-4-16(23)8-20(19)24/h2-9,12-14,31H,10-11H2,1H3/t14-,21-/m1/s1. The zero-order valence-electron chi connectivity index (χ0n) is 16.9. The van der Waals surface area contributed by atoms with E-state index in [0.717, 1.165) is 22.3 Å². The highest BCUT2D eigenvalue weighted by Crippen LogP contribution is 2.32. The van der Waals surface area contributed by atoms with Crippen molar-refractivity contribution in [3.05, 3.63) is 88.7 Å². The molecule has 0 aliphatic rings. The third kappa shape index (κ3) is 4.74. The van der Waals surface area contributed by atoms with Crippen LogP contribution in [0, 0.1) is 11.6 Å². The molecular formula is C21H19BrF2N6O2. The zero-order valence-corrected chi connectivity index (χ0v) is 18.5. The second kappa shape index (κ2) is 9.23. The van der Waals surface area contributed by atoms with Gasteiger partial charge in [-0.2, -0.15) is 5.10 Å². The minimum absolute atomic E-state index is 0.0141. The number of hydrogen-bond acceptors (Lipinski definition) is 6. The molecule has 0 fully saturated rings. The van der Waals surface area contributed by atoms with Gasteiger partial charge >= 0.3 is 0 Å². The first kappa shape index (κ1) is 22.2. The van der Waals surface area contributed by atoms with Crippen molar-refractivity contribution in [1.82, 2.24) is 29.8 Å². The normalized spacial score (nSPS) is 14.3. The average molecular weight is 505 g/mol. The number of hydrogen-bond donors (Lipinski definition) is 1. The molecule has 4 rings (SSSR count). The number of nitrogens with zero attached hydrogens (tertiary/aromatic N) is 6. The van der Waals surface area contributed by atoms with E-state index in [-0.39, 0.29) is 18.7 Å². The van der Waals surface area contributed by atoms with Gasteiger partial charge in [0.1, 0.15) is 35.6 Å². The van der Waals surface area contributed by atoms with Crippen molar-refractivity contribution in [2.75, 3.05) is 0 Å². The van der Waals surface area contributed by atoms with Crippen LogP contribution in [0.25, 0.3) is 5.69 Å². The summed E-state index contributed by atoms with van der Waals surface area (Å²) >= 11 is 3.39. The summed E-state index contributed by atoms with van der Waals surface area (Å²) in [6, 6.07) is 10.5. The molecule has 2 aromatic carbocycles. The molecular weight excluding hydrogens is 486 g/mol. The Balaban J connectivity index is 1.54. The van der Waals surface area contributed by atoms with Crippen LogP contribution in [0.3, 0.4) is 0 Å². The largest absolute Gasteiger partial charge is 0.380 e. The zero-order chi connectivity index (χ0) is 22.7. The van der Waals surface area contributed by atoms with E-state index in [0.29, 0.717) is 5.69 Å². The molecule has 32 heavy (non-hydrogen) atoms. The molecule has 166 valence electrons. The monoisotopic (exact) mass is 504 g/mol. The Kier molecular flexibility index (Phi) is 6.40. The number of halogens is 3. The van der Waals surface area contributed by atoms with Crippen molar-refractivity contribution in [3.8, 4) is 5.69 Å². The van der Waals surface area contributed by atoms with Gasteiger partial charge in [-0.3, -0.25) is 0 Å². The molecule has 0 amide bonds. The first-order valence-corrected chi connectivity index (χ1v) is 10.4. The Morgan fingerprint density at radius 1 is 1.19 bits per heavy atom. The van der Waals surface area contributed by atoms with Crippen molar-refractivity contribution in [3.63, 3.8) is 0 Å². The van der Waals surface area contributed by atoms with Crippen molar-refractivity contribution >= 4 is 15.9 Å². The Morgan fingerprint density at radius 3 is 2.66 bits per heavy atom. The molecule has 0 saturated carbocycles. The lowest BCUT2D eigenvalue weighted by Crippen LogP contribution is -2.44. The number of aliphatic hydroxyl groups is 1. The SMILES string of the molecule is C[C@@H](OCc1cn(-c2ccc(Br)cc2)nn1)[C@](O)(Cn1cncn1)c1ccc(F)cc1F. The highest BCUT2D eigenvalue weighted by atomic mass is 79.9. The van der Waals surface area contributed by atoms with Gasteiger partial charge < -0.3 is 9.84 Å². The first-order valence-electron chi connectivity index (χ1n) is 9.64. The van der Waals surface area contributed by atoms with Crippen LogP contribution in [0.4, 0.5) is 8.78 Å². The van der Waals surface area contributed by atoms with Gasteiger partial charge in [0.2, 0.25) is 0 Å². The third-order valence-electron chi connectivity index (χ3n) is 5.05. The van der Waals surface area contributed by atoms with E-state index in [1.807, 2.05) is 24.3 Å². The summed E-state index contributed by atoms with van der Waals surface area (Å²) in [4.78, 5) is 3.85. The Labute approximate surface area is 190 Å². The Bertz CT molecular complexity index is 1190. The van der Waals surface area contributed by atoms with Crippen molar-refractivity contribution in [1.29, 1.82) is 0 Å². The molecule has 11 heteroatoms. The quantitative estimate of drug-likeness (QED) is 0.395. The lowest BCUT2D eigenvalue weighted by Gasteiger charge is -2.34. The summed E-state index contributed by atoms with van der Waals surface area (Å²) in [6.07, 6.45) is 3.48.